The zero-order valence-electron chi connectivity index (χ0n) is 8.49. The number of nitrogens with zero attached hydrogens (tertiary/aromatic N) is 1. The molecule has 0 aliphatic heterocycles. The van der Waals surface area contributed by atoms with Crippen LogP contribution in [0.4, 0.5) is 0 Å². The smallest absolute Gasteiger partial charge is 0.119 e. The number of benzene rings is 1. The van der Waals surface area contributed by atoms with Crippen molar-refractivity contribution in [1.82, 2.24) is 0 Å². The number of hydrogen-bond acceptors (Lipinski definition) is 2. The summed E-state index contributed by atoms with van der Waals surface area (Å²) in [6, 6.07) is 10.1. The Hall–Kier alpha value is -1.49. The van der Waals surface area contributed by atoms with Crippen molar-refractivity contribution >= 4 is 0 Å². The fourth-order valence-corrected chi connectivity index (χ4v) is 1.20. The van der Waals surface area contributed by atoms with Gasteiger partial charge in [0.2, 0.25) is 0 Å². The minimum absolute atomic E-state index is 0.622. The SMILES string of the molecule is Cc1cccc(OCCCCC#N)c1. The summed E-state index contributed by atoms with van der Waals surface area (Å²) in [6.45, 7) is 2.74. The van der Waals surface area contributed by atoms with Crippen LogP contribution in [0.15, 0.2) is 24.3 Å². The van der Waals surface area contributed by atoms with Gasteiger partial charge in [-0.25, -0.2) is 0 Å². The molecular weight excluding hydrogens is 174 g/mol. The van der Waals surface area contributed by atoms with Gasteiger partial charge in [-0.3, -0.25) is 0 Å². The van der Waals surface area contributed by atoms with E-state index in [9.17, 15) is 0 Å². The van der Waals surface area contributed by atoms with Crippen LogP contribution in [0.25, 0.3) is 0 Å². The van der Waals surface area contributed by atoms with Gasteiger partial charge in [0.25, 0.3) is 0 Å². The minimum Gasteiger partial charge on any atom is -0.494 e. The van der Waals surface area contributed by atoms with Crippen molar-refractivity contribution in [2.75, 3.05) is 6.61 Å². The topological polar surface area (TPSA) is 33.0 Å². The standard InChI is InChI=1S/C12H15NO/c1-11-6-5-7-12(10-11)14-9-4-2-3-8-13/h5-7,10H,2-4,9H2,1H3. The lowest BCUT2D eigenvalue weighted by molar-refractivity contribution is 0.307. The van der Waals surface area contributed by atoms with Gasteiger partial charge in [0.15, 0.2) is 0 Å². The van der Waals surface area contributed by atoms with E-state index in [0.29, 0.717) is 13.0 Å². The maximum absolute atomic E-state index is 8.33. The van der Waals surface area contributed by atoms with Gasteiger partial charge in [-0.15, -0.1) is 0 Å². The van der Waals surface area contributed by atoms with Crippen molar-refractivity contribution in [3.63, 3.8) is 0 Å². The molecule has 0 radical (unpaired) electrons. The van der Waals surface area contributed by atoms with Crippen molar-refractivity contribution in [1.29, 1.82) is 5.26 Å². The summed E-state index contributed by atoms with van der Waals surface area (Å²) in [4.78, 5) is 0. The molecule has 0 N–H and O–H groups in total. The molecule has 0 saturated heterocycles. The first-order chi connectivity index (χ1) is 6.83. The fraction of sp³-hybridized carbons (Fsp3) is 0.417. The van der Waals surface area contributed by atoms with Crippen LogP contribution < -0.4 is 4.74 Å². The van der Waals surface area contributed by atoms with E-state index in [1.54, 1.807) is 0 Å². The van der Waals surface area contributed by atoms with E-state index in [0.717, 1.165) is 18.6 Å². The Bertz CT molecular complexity index is 314. The van der Waals surface area contributed by atoms with Crippen LogP contribution in [0.2, 0.25) is 0 Å². The molecule has 0 saturated carbocycles. The highest BCUT2D eigenvalue weighted by Crippen LogP contribution is 2.12. The quantitative estimate of drug-likeness (QED) is 0.667. The molecular formula is C12H15NO. The summed E-state index contributed by atoms with van der Waals surface area (Å²) < 4.78 is 5.52. The molecule has 0 heterocycles. The zero-order valence-corrected chi connectivity index (χ0v) is 8.49. The highest BCUT2D eigenvalue weighted by Gasteiger charge is 1.93. The summed E-state index contributed by atoms with van der Waals surface area (Å²) in [6.07, 6.45) is 2.49. The fourth-order valence-electron chi connectivity index (χ4n) is 1.20. The Morgan fingerprint density at radius 2 is 2.21 bits per heavy atom. The molecule has 0 atom stereocenters. The van der Waals surface area contributed by atoms with E-state index in [1.807, 2.05) is 31.2 Å². The first-order valence-electron chi connectivity index (χ1n) is 4.89. The second-order valence-electron chi connectivity index (χ2n) is 3.28. The average molecular weight is 189 g/mol. The van der Waals surface area contributed by atoms with Gasteiger partial charge >= 0.3 is 0 Å². The van der Waals surface area contributed by atoms with Gasteiger partial charge in [0.1, 0.15) is 5.75 Å². The lowest BCUT2D eigenvalue weighted by atomic mass is 10.2. The maximum Gasteiger partial charge on any atom is 0.119 e. The predicted molar refractivity (Wildman–Crippen MR) is 56.1 cm³/mol. The molecule has 0 fully saturated rings. The van der Waals surface area contributed by atoms with Crippen molar-refractivity contribution in [2.24, 2.45) is 0 Å². The van der Waals surface area contributed by atoms with Crippen LogP contribution >= 0.6 is 0 Å². The number of ether oxygens (including phenoxy) is 1. The summed E-state index contributed by atoms with van der Waals surface area (Å²) in [5, 5.41) is 8.33. The molecule has 14 heavy (non-hydrogen) atoms. The van der Waals surface area contributed by atoms with Crippen LogP contribution in [0.3, 0.4) is 0 Å². The summed E-state index contributed by atoms with van der Waals surface area (Å²) >= 11 is 0. The third-order valence-corrected chi connectivity index (χ3v) is 1.94. The first kappa shape index (κ1) is 10.6. The zero-order chi connectivity index (χ0) is 10.2. The van der Waals surface area contributed by atoms with Gasteiger partial charge in [0.05, 0.1) is 12.7 Å². The second-order valence-corrected chi connectivity index (χ2v) is 3.28. The summed E-state index contributed by atoms with van der Waals surface area (Å²) in [5.74, 6) is 0.918. The second kappa shape index (κ2) is 6.04. The molecule has 1 rings (SSSR count). The first-order valence-corrected chi connectivity index (χ1v) is 4.89. The lowest BCUT2D eigenvalue weighted by Crippen LogP contribution is -1.96. The Morgan fingerprint density at radius 3 is 2.93 bits per heavy atom. The molecule has 0 amide bonds. The third kappa shape index (κ3) is 3.95. The number of unbranched alkanes of at least 4 members (excludes halogenated alkanes) is 2. The van der Waals surface area contributed by atoms with Crippen molar-refractivity contribution in [2.45, 2.75) is 26.2 Å². The van der Waals surface area contributed by atoms with Crippen LogP contribution in [-0.2, 0) is 0 Å². The van der Waals surface area contributed by atoms with Gasteiger partial charge in [-0.05, 0) is 37.5 Å². The molecule has 0 unspecified atom stereocenters. The minimum atomic E-state index is 0.622. The number of hydrogen-bond donors (Lipinski definition) is 0. The summed E-state index contributed by atoms with van der Waals surface area (Å²) in [7, 11) is 0. The van der Waals surface area contributed by atoms with Crippen LogP contribution in [0.1, 0.15) is 24.8 Å². The largest absolute Gasteiger partial charge is 0.494 e. The Kier molecular flexibility index (Phi) is 4.57. The Balaban J connectivity index is 2.22. The van der Waals surface area contributed by atoms with E-state index in [-0.39, 0.29) is 0 Å². The molecule has 0 aromatic heterocycles. The number of aryl methyl sites for hydroxylation is 1. The molecule has 2 nitrogen and oxygen atoms in total. The Labute approximate surface area is 85.1 Å². The normalized spacial score (nSPS) is 9.43. The highest BCUT2D eigenvalue weighted by atomic mass is 16.5. The van der Waals surface area contributed by atoms with E-state index < -0.39 is 0 Å². The van der Waals surface area contributed by atoms with Gasteiger partial charge in [-0.2, -0.15) is 5.26 Å². The van der Waals surface area contributed by atoms with Gasteiger partial charge < -0.3 is 4.74 Å². The van der Waals surface area contributed by atoms with Crippen molar-refractivity contribution < 1.29 is 4.74 Å². The molecule has 1 aromatic carbocycles. The van der Waals surface area contributed by atoms with Crippen LogP contribution in [0, 0.1) is 18.3 Å². The Morgan fingerprint density at radius 1 is 1.36 bits per heavy atom. The molecule has 0 spiro atoms. The average Bonchev–Trinajstić information content (AvgIpc) is 2.18. The molecule has 74 valence electrons. The van der Waals surface area contributed by atoms with E-state index in [2.05, 4.69) is 6.07 Å². The predicted octanol–water partition coefficient (Wildman–Crippen LogP) is 3.07. The highest BCUT2D eigenvalue weighted by molar-refractivity contribution is 5.27. The third-order valence-electron chi connectivity index (χ3n) is 1.94. The van der Waals surface area contributed by atoms with Crippen LogP contribution in [-0.4, -0.2) is 6.61 Å². The van der Waals surface area contributed by atoms with Gasteiger partial charge in [0, 0.05) is 6.42 Å². The van der Waals surface area contributed by atoms with E-state index in [1.165, 1.54) is 5.56 Å². The number of rotatable bonds is 5. The van der Waals surface area contributed by atoms with E-state index in [4.69, 9.17) is 10.00 Å². The molecule has 0 aliphatic rings. The molecule has 0 bridgehead atoms. The lowest BCUT2D eigenvalue weighted by Gasteiger charge is -2.05. The van der Waals surface area contributed by atoms with Crippen molar-refractivity contribution in [3.8, 4) is 11.8 Å². The van der Waals surface area contributed by atoms with Gasteiger partial charge in [-0.1, -0.05) is 12.1 Å². The number of nitriles is 1. The summed E-state index contributed by atoms with van der Waals surface area (Å²) in [5.41, 5.74) is 1.21. The maximum atomic E-state index is 8.33. The van der Waals surface area contributed by atoms with E-state index >= 15 is 0 Å². The monoisotopic (exact) mass is 189 g/mol. The molecule has 2 heteroatoms. The van der Waals surface area contributed by atoms with Crippen molar-refractivity contribution in [3.05, 3.63) is 29.8 Å². The van der Waals surface area contributed by atoms with Crippen LogP contribution in [0.5, 0.6) is 5.75 Å². The molecule has 0 aliphatic carbocycles. The molecule has 1 aromatic rings.